The Morgan fingerprint density at radius 3 is 2.46 bits per heavy atom. The van der Waals surface area contributed by atoms with Gasteiger partial charge >= 0.3 is 12.0 Å². The van der Waals surface area contributed by atoms with Gasteiger partial charge in [-0.2, -0.15) is 0 Å². The van der Waals surface area contributed by atoms with Gasteiger partial charge in [0.15, 0.2) is 11.5 Å². The standard InChI is InChI=1S/C20H27ClN2O5/c1-7-26-15-9-13(8-14(21)18(15)27-10(2)3)17-16(19(24)28-11(4)5)12(6)22-20(25)23-17/h8-11,17H,7H2,1-6H3,(H2,22,23,25). The molecule has 28 heavy (non-hydrogen) atoms. The molecule has 7 nitrogen and oxygen atoms in total. The molecule has 1 aromatic rings. The lowest BCUT2D eigenvalue weighted by atomic mass is 9.95. The first-order valence-corrected chi connectivity index (χ1v) is 9.63. The highest BCUT2D eigenvalue weighted by molar-refractivity contribution is 6.32. The highest BCUT2D eigenvalue weighted by atomic mass is 35.5. The predicted molar refractivity (Wildman–Crippen MR) is 107 cm³/mol. The van der Waals surface area contributed by atoms with Crippen molar-refractivity contribution in [3.05, 3.63) is 34.0 Å². The summed E-state index contributed by atoms with van der Waals surface area (Å²) < 4.78 is 16.8. The minimum Gasteiger partial charge on any atom is -0.490 e. The molecule has 0 aromatic heterocycles. The van der Waals surface area contributed by atoms with Crippen LogP contribution in [0.1, 0.15) is 53.1 Å². The van der Waals surface area contributed by atoms with E-state index in [-0.39, 0.29) is 12.2 Å². The number of nitrogens with one attached hydrogen (secondary N) is 2. The van der Waals surface area contributed by atoms with Gasteiger partial charge in [-0.25, -0.2) is 9.59 Å². The van der Waals surface area contributed by atoms with Crippen LogP contribution < -0.4 is 20.1 Å². The van der Waals surface area contributed by atoms with Crippen molar-refractivity contribution in [1.29, 1.82) is 0 Å². The summed E-state index contributed by atoms with van der Waals surface area (Å²) in [4.78, 5) is 24.7. The maximum Gasteiger partial charge on any atom is 0.338 e. The van der Waals surface area contributed by atoms with E-state index < -0.39 is 18.0 Å². The molecule has 1 atom stereocenters. The van der Waals surface area contributed by atoms with E-state index >= 15 is 0 Å². The molecule has 0 bridgehead atoms. The van der Waals surface area contributed by atoms with E-state index in [4.69, 9.17) is 25.8 Å². The fraction of sp³-hybridized carbons (Fsp3) is 0.500. The number of ether oxygens (including phenoxy) is 3. The largest absolute Gasteiger partial charge is 0.490 e. The minimum absolute atomic E-state index is 0.0974. The first-order valence-electron chi connectivity index (χ1n) is 9.26. The molecule has 1 aliphatic rings. The average Bonchev–Trinajstić information content (AvgIpc) is 2.56. The zero-order chi connectivity index (χ0) is 21.0. The van der Waals surface area contributed by atoms with Gasteiger partial charge < -0.3 is 24.8 Å². The normalized spacial score (nSPS) is 16.8. The van der Waals surface area contributed by atoms with Crippen LogP contribution in [0.2, 0.25) is 5.02 Å². The fourth-order valence-corrected chi connectivity index (χ4v) is 3.12. The van der Waals surface area contributed by atoms with Crippen molar-refractivity contribution < 1.29 is 23.8 Å². The topological polar surface area (TPSA) is 85.9 Å². The first-order chi connectivity index (χ1) is 13.1. The number of hydrogen-bond donors (Lipinski definition) is 2. The molecule has 0 aliphatic carbocycles. The summed E-state index contributed by atoms with van der Waals surface area (Å²) >= 11 is 6.45. The molecule has 0 fully saturated rings. The Bertz CT molecular complexity index is 789. The van der Waals surface area contributed by atoms with Gasteiger partial charge in [0, 0.05) is 5.70 Å². The molecule has 154 valence electrons. The third-order valence-electron chi connectivity index (χ3n) is 3.85. The Labute approximate surface area is 170 Å². The van der Waals surface area contributed by atoms with Gasteiger partial charge in [-0.05, 0) is 59.2 Å². The van der Waals surface area contributed by atoms with E-state index in [2.05, 4.69) is 10.6 Å². The van der Waals surface area contributed by atoms with Gasteiger partial charge in [-0.15, -0.1) is 0 Å². The second kappa shape index (κ2) is 9.19. The van der Waals surface area contributed by atoms with Gasteiger partial charge in [0.2, 0.25) is 0 Å². The molecule has 1 aromatic carbocycles. The van der Waals surface area contributed by atoms with Crippen molar-refractivity contribution in [3.63, 3.8) is 0 Å². The molecular weight excluding hydrogens is 384 g/mol. The highest BCUT2D eigenvalue weighted by Crippen LogP contribution is 2.40. The average molecular weight is 411 g/mol. The van der Waals surface area contributed by atoms with Gasteiger partial charge in [0.25, 0.3) is 0 Å². The van der Waals surface area contributed by atoms with Crippen LogP contribution in [0.3, 0.4) is 0 Å². The molecule has 0 spiro atoms. The number of rotatable bonds is 7. The van der Waals surface area contributed by atoms with E-state index in [1.54, 1.807) is 32.9 Å². The minimum atomic E-state index is -0.732. The molecular formula is C20H27ClN2O5. The zero-order valence-electron chi connectivity index (χ0n) is 17.0. The summed E-state index contributed by atoms with van der Waals surface area (Å²) in [6, 6.07) is 2.23. The quantitative estimate of drug-likeness (QED) is 0.661. The molecule has 2 amide bonds. The number of halogens is 1. The highest BCUT2D eigenvalue weighted by Gasteiger charge is 2.33. The smallest absolute Gasteiger partial charge is 0.338 e. The van der Waals surface area contributed by atoms with E-state index in [9.17, 15) is 9.59 Å². The third kappa shape index (κ3) is 5.10. The first kappa shape index (κ1) is 21.9. The third-order valence-corrected chi connectivity index (χ3v) is 4.13. The van der Waals surface area contributed by atoms with Gasteiger partial charge in [-0.1, -0.05) is 11.6 Å². The van der Waals surface area contributed by atoms with Crippen LogP contribution >= 0.6 is 11.6 Å². The summed E-state index contributed by atoms with van der Waals surface area (Å²) in [7, 11) is 0. The van der Waals surface area contributed by atoms with E-state index in [1.807, 2.05) is 20.8 Å². The van der Waals surface area contributed by atoms with Gasteiger partial charge in [-0.3, -0.25) is 0 Å². The summed E-state index contributed by atoms with van der Waals surface area (Å²) in [5, 5.41) is 5.71. The molecule has 8 heteroatoms. The molecule has 2 rings (SSSR count). The maximum atomic E-state index is 12.7. The predicted octanol–water partition coefficient (Wildman–Crippen LogP) is 4.11. The number of urea groups is 1. The Morgan fingerprint density at radius 1 is 1.21 bits per heavy atom. The summed E-state index contributed by atoms with van der Waals surface area (Å²) in [6.45, 7) is 11.2. The Balaban J connectivity index is 2.54. The molecule has 1 aliphatic heterocycles. The molecule has 0 radical (unpaired) electrons. The van der Waals surface area contributed by atoms with Gasteiger partial charge in [0.1, 0.15) is 0 Å². The molecule has 1 heterocycles. The number of amides is 2. The number of benzene rings is 1. The number of esters is 1. The summed E-state index contributed by atoms with van der Waals surface area (Å²) in [6.07, 6.45) is -0.393. The van der Waals surface area contributed by atoms with Crippen LogP contribution in [-0.4, -0.2) is 30.8 Å². The van der Waals surface area contributed by atoms with Crippen molar-refractivity contribution in [2.45, 2.75) is 59.8 Å². The summed E-state index contributed by atoms with van der Waals surface area (Å²) in [5.74, 6) is 0.358. The lowest BCUT2D eigenvalue weighted by Gasteiger charge is -2.29. The van der Waals surface area contributed by atoms with E-state index in [0.29, 0.717) is 40.0 Å². The van der Waals surface area contributed by atoms with Crippen molar-refractivity contribution in [2.75, 3.05) is 6.61 Å². The van der Waals surface area contributed by atoms with Crippen LogP contribution in [-0.2, 0) is 9.53 Å². The Kier molecular flexibility index (Phi) is 7.18. The van der Waals surface area contributed by atoms with Crippen LogP contribution in [0.5, 0.6) is 11.5 Å². The van der Waals surface area contributed by atoms with Crippen LogP contribution in [0.25, 0.3) is 0 Å². The van der Waals surface area contributed by atoms with Crippen molar-refractivity contribution in [1.82, 2.24) is 10.6 Å². The molecule has 0 saturated carbocycles. The fourth-order valence-electron chi connectivity index (χ4n) is 2.86. The molecule has 2 N–H and O–H groups in total. The lowest BCUT2D eigenvalue weighted by Crippen LogP contribution is -2.45. The van der Waals surface area contributed by atoms with Crippen molar-refractivity contribution in [3.8, 4) is 11.5 Å². The van der Waals surface area contributed by atoms with Gasteiger partial charge in [0.05, 0.1) is 35.5 Å². The van der Waals surface area contributed by atoms with Crippen LogP contribution in [0.15, 0.2) is 23.4 Å². The molecule has 1 unspecified atom stereocenters. The number of hydrogen-bond acceptors (Lipinski definition) is 5. The van der Waals surface area contributed by atoms with Crippen molar-refractivity contribution in [2.24, 2.45) is 0 Å². The summed E-state index contributed by atoms with van der Waals surface area (Å²) in [5.41, 5.74) is 1.33. The van der Waals surface area contributed by atoms with Crippen molar-refractivity contribution >= 4 is 23.6 Å². The van der Waals surface area contributed by atoms with Crippen LogP contribution in [0.4, 0.5) is 4.79 Å². The maximum absolute atomic E-state index is 12.7. The number of carbonyl (C=O) groups excluding carboxylic acids is 2. The van der Waals surface area contributed by atoms with E-state index in [0.717, 1.165) is 0 Å². The number of allylic oxidation sites excluding steroid dienone is 1. The lowest BCUT2D eigenvalue weighted by molar-refractivity contribution is -0.143. The van der Waals surface area contributed by atoms with E-state index in [1.165, 1.54) is 0 Å². The van der Waals surface area contributed by atoms with Crippen LogP contribution in [0, 0.1) is 0 Å². The second-order valence-electron chi connectivity index (χ2n) is 6.95. The SMILES string of the molecule is CCOc1cc(C2NC(=O)NC(C)=C2C(=O)OC(C)C)cc(Cl)c1OC(C)C. The number of carbonyl (C=O) groups is 2. The Morgan fingerprint density at radius 2 is 1.89 bits per heavy atom. The zero-order valence-corrected chi connectivity index (χ0v) is 17.8. The molecule has 0 saturated heterocycles. The monoisotopic (exact) mass is 410 g/mol. The Hall–Kier alpha value is -2.41. The second-order valence-corrected chi connectivity index (χ2v) is 7.36.